The second-order valence-corrected chi connectivity index (χ2v) is 4.70. The van der Waals surface area contributed by atoms with Crippen LogP contribution in [0.4, 0.5) is 8.78 Å². The van der Waals surface area contributed by atoms with Crippen LogP contribution in [-0.4, -0.2) is 37.0 Å². The zero-order valence-corrected chi connectivity index (χ0v) is 12.0. The fourth-order valence-electron chi connectivity index (χ4n) is 2.24. The molecule has 1 aliphatic heterocycles. The van der Waals surface area contributed by atoms with Gasteiger partial charge in [-0.1, -0.05) is 12.1 Å². The second kappa shape index (κ2) is 8.17. The lowest BCUT2D eigenvalue weighted by atomic mass is 10.1. The van der Waals surface area contributed by atoms with Gasteiger partial charge in [0.1, 0.15) is 0 Å². The molecule has 0 atom stereocenters. The van der Waals surface area contributed by atoms with Crippen molar-refractivity contribution in [1.82, 2.24) is 10.2 Å². The van der Waals surface area contributed by atoms with Gasteiger partial charge in [-0.2, -0.15) is 0 Å². The van der Waals surface area contributed by atoms with Crippen LogP contribution in [0.3, 0.4) is 0 Å². The molecule has 20 heavy (non-hydrogen) atoms. The molecule has 2 rings (SSSR count). The van der Waals surface area contributed by atoms with E-state index in [0.29, 0.717) is 6.54 Å². The number of rotatable bonds is 3. The van der Waals surface area contributed by atoms with Crippen LogP contribution in [0.15, 0.2) is 18.2 Å². The van der Waals surface area contributed by atoms with E-state index in [0.717, 1.165) is 32.1 Å². The molecule has 0 saturated carbocycles. The summed E-state index contributed by atoms with van der Waals surface area (Å²) < 4.78 is 26.5. The Morgan fingerprint density at radius 1 is 1.25 bits per heavy atom. The Morgan fingerprint density at radius 2 is 2.05 bits per heavy atom. The normalized spacial score (nSPS) is 15.4. The van der Waals surface area contributed by atoms with Gasteiger partial charge in [-0.05, 0) is 31.0 Å². The molecule has 0 unspecified atom stereocenters. The third kappa shape index (κ3) is 4.42. The van der Waals surface area contributed by atoms with Gasteiger partial charge in [0, 0.05) is 26.1 Å². The lowest BCUT2D eigenvalue weighted by Gasteiger charge is -2.19. The Hall–Kier alpha value is -1.20. The largest absolute Gasteiger partial charge is 0.341 e. The van der Waals surface area contributed by atoms with Gasteiger partial charge in [0.25, 0.3) is 0 Å². The van der Waals surface area contributed by atoms with Gasteiger partial charge >= 0.3 is 0 Å². The highest BCUT2D eigenvalue weighted by atomic mass is 35.5. The van der Waals surface area contributed by atoms with Crippen molar-refractivity contribution in [1.29, 1.82) is 0 Å². The zero-order chi connectivity index (χ0) is 13.7. The molecular formula is C14H19ClF2N2O. The van der Waals surface area contributed by atoms with E-state index in [1.165, 1.54) is 12.1 Å². The zero-order valence-electron chi connectivity index (χ0n) is 11.2. The molecule has 1 aromatic carbocycles. The van der Waals surface area contributed by atoms with E-state index >= 15 is 0 Å². The van der Waals surface area contributed by atoms with Crippen molar-refractivity contribution in [2.24, 2.45) is 0 Å². The minimum atomic E-state index is -0.857. The number of hydrogen-bond donors (Lipinski definition) is 1. The summed E-state index contributed by atoms with van der Waals surface area (Å²) in [5.41, 5.74) is 0.265. The monoisotopic (exact) mass is 304 g/mol. The van der Waals surface area contributed by atoms with E-state index in [2.05, 4.69) is 5.32 Å². The number of halogens is 3. The molecule has 0 spiro atoms. The van der Waals surface area contributed by atoms with Crippen LogP contribution in [0.5, 0.6) is 0 Å². The highest BCUT2D eigenvalue weighted by molar-refractivity contribution is 5.85. The van der Waals surface area contributed by atoms with E-state index in [-0.39, 0.29) is 36.7 Å². The Bertz CT molecular complexity index is 449. The Kier molecular flexibility index (Phi) is 6.88. The number of carbonyl (C=O) groups excluding carboxylic acids is 1. The number of nitrogens with zero attached hydrogens (tertiary/aromatic N) is 1. The van der Waals surface area contributed by atoms with Gasteiger partial charge in [0.15, 0.2) is 11.6 Å². The number of hydrogen-bond acceptors (Lipinski definition) is 2. The second-order valence-electron chi connectivity index (χ2n) is 4.70. The molecule has 112 valence electrons. The summed E-state index contributed by atoms with van der Waals surface area (Å²) in [5, 5.41) is 3.22. The summed E-state index contributed by atoms with van der Waals surface area (Å²) in [5.74, 6) is -1.69. The summed E-state index contributed by atoms with van der Waals surface area (Å²) in [7, 11) is 0. The van der Waals surface area contributed by atoms with Crippen LogP contribution in [-0.2, 0) is 11.2 Å². The van der Waals surface area contributed by atoms with Gasteiger partial charge < -0.3 is 10.2 Å². The molecule has 1 heterocycles. The van der Waals surface area contributed by atoms with Crippen LogP contribution in [0, 0.1) is 11.6 Å². The fraction of sp³-hybridized carbons (Fsp3) is 0.500. The molecular weight excluding hydrogens is 286 g/mol. The third-order valence-electron chi connectivity index (χ3n) is 3.33. The fourth-order valence-corrected chi connectivity index (χ4v) is 2.24. The molecule has 0 aromatic heterocycles. The van der Waals surface area contributed by atoms with E-state index < -0.39 is 11.6 Å². The van der Waals surface area contributed by atoms with Crippen molar-refractivity contribution >= 4 is 18.3 Å². The molecule has 0 aliphatic carbocycles. The van der Waals surface area contributed by atoms with Gasteiger partial charge in [0.2, 0.25) is 5.91 Å². The molecule has 6 heteroatoms. The highest BCUT2D eigenvalue weighted by Gasteiger charge is 2.16. The van der Waals surface area contributed by atoms with Gasteiger partial charge in [-0.25, -0.2) is 8.78 Å². The third-order valence-corrected chi connectivity index (χ3v) is 3.33. The number of amides is 1. The van der Waals surface area contributed by atoms with Crippen LogP contribution in [0.2, 0.25) is 0 Å². The summed E-state index contributed by atoms with van der Waals surface area (Å²) in [4.78, 5) is 13.8. The molecule has 1 N–H and O–H groups in total. The van der Waals surface area contributed by atoms with E-state index in [1.807, 2.05) is 0 Å². The predicted octanol–water partition coefficient (Wildman–Crippen LogP) is 2.14. The first kappa shape index (κ1) is 16.9. The maximum Gasteiger partial charge on any atom is 0.222 e. The Labute approximate surface area is 123 Å². The van der Waals surface area contributed by atoms with Crippen LogP contribution < -0.4 is 5.32 Å². The molecule has 0 bridgehead atoms. The number of nitrogens with one attached hydrogen (secondary N) is 1. The quantitative estimate of drug-likeness (QED) is 0.928. The topological polar surface area (TPSA) is 32.3 Å². The van der Waals surface area contributed by atoms with Crippen LogP contribution >= 0.6 is 12.4 Å². The van der Waals surface area contributed by atoms with Crippen LogP contribution in [0.25, 0.3) is 0 Å². The maximum atomic E-state index is 13.4. The smallest absolute Gasteiger partial charge is 0.222 e. The van der Waals surface area contributed by atoms with E-state index in [9.17, 15) is 13.6 Å². The van der Waals surface area contributed by atoms with Crippen LogP contribution in [0.1, 0.15) is 18.4 Å². The lowest BCUT2D eigenvalue weighted by molar-refractivity contribution is -0.130. The van der Waals surface area contributed by atoms with Gasteiger partial charge in [-0.3, -0.25) is 4.79 Å². The standard InChI is InChI=1S/C14H18F2N2O.ClH/c15-12-4-1-3-11(14(12)16)5-6-13(19)18-9-2-7-17-8-10-18;/h1,3-4,17H,2,5-10H2;1H. The molecule has 1 saturated heterocycles. The van der Waals surface area contributed by atoms with Crippen molar-refractivity contribution in [2.75, 3.05) is 26.2 Å². The van der Waals surface area contributed by atoms with Crippen molar-refractivity contribution in [3.63, 3.8) is 0 Å². The number of benzene rings is 1. The van der Waals surface area contributed by atoms with Gasteiger partial charge in [-0.15, -0.1) is 12.4 Å². The van der Waals surface area contributed by atoms with Crippen molar-refractivity contribution in [2.45, 2.75) is 19.3 Å². The van der Waals surface area contributed by atoms with Gasteiger partial charge in [0.05, 0.1) is 0 Å². The first-order chi connectivity index (χ1) is 9.18. The summed E-state index contributed by atoms with van der Waals surface area (Å²) >= 11 is 0. The first-order valence-electron chi connectivity index (χ1n) is 6.60. The average molecular weight is 305 g/mol. The minimum absolute atomic E-state index is 0. The molecule has 1 aliphatic rings. The summed E-state index contributed by atoms with van der Waals surface area (Å²) in [6, 6.07) is 4.07. The Morgan fingerprint density at radius 3 is 2.85 bits per heavy atom. The minimum Gasteiger partial charge on any atom is -0.341 e. The maximum absolute atomic E-state index is 13.4. The van der Waals surface area contributed by atoms with E-state index in [4.69, 9.17) is 0 Å². The molecule has 1 fully saturated rings. The first-order valence-corrected chi connectivity index (χ1v) is 6.60. The van der Waals surface area contributed by atoms with Crippen molar-refractivity contribution in [3.8, 4) is 0 Å². The molecule has 1 amide bonds. The lowest BCUT2D eigenvalue weighted by Crippen LogP contribution is -2.34. The predicted molar refractivity (Wildman–Crippen MR) is 76.0 cm³/mol. The summed E-state index contributed by atoms with van der Waals surface area (Å²) in [6.45, 7) is 3.13. The molecule has 3 nitrogen and oxygen atoms in total. The van der Waals surface area contributed by atoms with Crippen molar-refractivity contribution in [3.05, 3.63) is 35.4 Å². The molecule has 0 radical (unpaired) electrons. The summed E-state index contributed by atoms with van der Waals surface area (Å²) in [6.07, 6.45) is 1.40. The number of aryl methyl sites for hydroxylation is 1. The number of carbonyl (C=O) groups is 1. The Balaban J connectivity index is 0.00000200. The average Bonchev–Trinajstić information content (AvgIpc) is 2.69. The van der Waals surface area contributed by atoms with E-state index in [1.54, 1.807) is 4.90 Å². The highest BCUT2D eigenvalue weighted by Crippen LogP contribution is 2.14. The van der Waals surface area contributed by atoms with Crippen molar-refractivity contribution < 1.29 is 13.6 Å². The SMILES string of the molecule is Cl.O=C(CCc1cccc(F)c1F)N1CCCNCC1. The molecule has 1 aromatic rings.